The number of aromatic nitrogens is 2. The number of ether oxygens (including phenoxy) is 1. The minimum absolute atomic E-state index is 0.0203. The van der Waals surface area contributed by atoms with E-state index in [0.717, 1.165) is 19.3 Å². The fraction of sp³-hybridized carbons (Fsp3) is 0.450. The number of piperidine rings is 1. The molecule has 0 radical (unpaired) electrons. The van der Waals surface area contributed by atoms with Crippen LogP contribution in [0.4, 0.5) is 8.78 Å². The summed E-state index contributed by atoms with van der Waals surface area (Å²) in [6.07, 6.45) is 5.41. The topological polar surface area (TPSA) is 71.7 Å². The molecule has 0 bridgehead atoms. The minimum atomic E-state index is -2.93. The normalized spacial score (nSPS) is 17.4. The summed E-state index contributed by atoms with van der Waals surface area (Å²) in [5.74, 6) is 0.696. The molecule has 1 aliphatic rings. The van der Waals surface area contributed by atoms with Crippen LogP contribution in [0.25, 0.3) is 6.08 Å². The number of carbonyl (C=O) groups is 1. The van der Waals surface area contributed by atoms with E-state index >= 15 is 0 Å². The highest BCUT2D eigenvalue weighted by molar-refractivity contribution is 5.92. The maximum absolute atomic E-state index is 12.8. The molecule has 3 rings (SSSR count). The van der Waals surface area contributed by atoms with E-state index in [1.807, 2.05) is 19.0 Å². The number of hydrogen-bond acceptors (Lipinski definition) is 6. The van der Waals surface area contributed by atoms with Gasteiger partial charge in [-0.15, -0.1) is 10.2 Å². The van der Waals surface area contributed by atoms with Gasteiger partial charge in [-0.2, -0.15) is 8.78 Å². The molecule has 1 fully saturated rings. The molecule has 156 valence electrons. The van der Waals surface area contributed by atoms with Crippen LogP contribution in [0.5, 0.6) is 5.75 Å². The Morgan fingerprint density at radius 2 is 2.14 bits per heavy atom. The number of alkyl halides is 2. The van der Waals surface area contributed by atoms with E-state index in [0.29, 0.717) is 30.4 Å². The first kappa shape index (κ1) is 20.9. The predicted octanol–water partition coefficient (Wildman–Crippen LogP) is 3.50. The van der Waals surface area contributed by atoms with Gasteiger partial charge < -0.3 is 19.0 Å². The van der Waals surface area contributed by atoms with Gasteiger partial charge in [0.1, 0.15) is 11.8 Å². The molecular formula is C20H24F2N4O3. The van der Waals surface area contributed by atoms with Crippen LogP contribution >= 0.6 is 0 Å². The summed E-state index contributed by atoms with van der Waals surface area (Å²) in [7, 11) is 3.81. The maximum Gasteiger partial charge on any atom is 0.387 e. The summed E-state index contributed by atoms with van der Waals surface area (Å²) in [5.41, 5.74) is 0.403. The van der Waals surface area contributed by atoms with E-state index in [1.54, 1.807) is 23.1 Å². The zero-order valence-corrected chi connectivity index (χ0v) is 16.4. The van der Waals surface area contributed by atoms with Crippen molar-refractivity contribution < 1.29 is 22.7 Å². The van der Waals surface area contributed by atoms with Crippen molar-refractivity contribution in [2.45, 2.75) is 38.5 Å². The lowest BCUT2D eigenvalue weighted by Crippen LogP contribution is -2.37. The SMILES string of the molecule is CN(C)Cc1nnc(C2CCCCN2C(=O)/C=C/c2ccccc2OC(F)F)o1. The minimum Gasteiger partial charge on any atom is -0.434 e. The molecule has 1 atom stereocenters. The van der Waals surface area contributed by atoms with Crippen LogP contribution in [0.2, 0.25) is 0 Å². The smallest absolute Gasteiger partial charge is 0.387 e. The van der Waals surface area contributed by atoms with Crippen LogP contribution in [0, 0.1) is 0 Å². The van der Waals surface area contributed by atoms with E-state index in [-0.39, 0.29) is 17.7 Å². The van der Waals surface area contributed by atoms with Crippen LogP contribution in [-0.4, -0.2) is 53.2 Å². The highest BCUT2D eigenvalue weighted by atomic mass is 19.3. The number of nitrogens with zero attached hydrogens (tertiary/aromatic N) is 4. The molecule has 1 saturated heterocycles. The molecule has 2 heterocycles. The van der Waals surface area contributed by atoms with Crippen molar-refractivity contribution in [3.63, 3.8) is 0 Å². The Morgan fingerprint density at radius 3 is 2.90 bits per heavy atom. The van der Waals surface area contributed by atoms with Crippen LogP contribution < -0.4 is 4.74 Å². The second-order valence-electron chi connectivity index (χ2n) is 7.06. The van der Waals surface area contributed by atoms with Gasteiger partial charge in [-0.1, -0.05) is 18.2 Å². The number of hydrogen-bond donors (Lipinski definition) is 0. The zero-order chi connectivity index (χ0) is 20.8. The van der Waals surface area contributed by atoms with E-state index in [1.165, 1.54) is 18.2 Å². The molecule has 1 aliphatic heterocycles. The van der Waals surface area contributed by atoms with Gasteiger partial charge in [-0.3, -0.25) is 4.79 Å². The number of para-hydroxylation sites is 1. The lowest BCUT2D eigenvalue weighted by molar-refractivity contribution is -0.130. The molecule has 2 aromatic rings. The molecule has 29 heavy (non-hydrogen) atoms. The molecule has 1 amide bonds. The Balaban J connectivity index is 1.75. The fourth-order valence-electron chi connectivity index (χ4n) is 3.27. The Bertz CT molecular complexity index is 854. The van der Waals surface area contributed by atoms with E-state index in [4.69, 9.17) is 4.42 Å². The number of likely N-dealkylation sites (tertiary alicyclic amines) is 1. The summed E-state index contributed by atoms with van der Waals surface area (Å²) >= 11 is 0. The summed E-state index contributed by atoms with van der Waals surface area (Å²) in [6, 6.07) is 6.04. The molecule has 1 aromatic carbocycles. The van der Waals surface area contributed by atoms with Gasteiger partial charge >= 0.3 is 6.61 Å². The quantitative estimate of drug-likeness (QED) is 0.656. The van der Waals surface area contributed by atoms with Crippen molar-refractivity contribution in [3.05, 3.63) is 47.7 Å². The van der Waals surface area contributed by atoms with Crippen molar-refractivity contribution >= 4 is 12.0 Å². The lowest BCUT2D eigenvalue weighted by atomic mass is 10.0. The van der Waals surface area contributed by atoms with E-state index in [2.05, 4.69) is 14.9 Å². The third-order valence-corrected chi connectivity index (χ3v) is 4.55. The van der Waals surface area contributed by atoms with Gasteiger partial charge in [0.2, 0.25) is 17.7 Å². The average molecular weight is 406 g/mol. The van der Waals surface area contributed by atoms with Crippen molar-refractivity contribution in [3.8, 4) is 5.75 Å². The molecule has 1 unspecified atom stereocenters. The average Bonchev–Trinajstić information content (AvgIpc) is 3.14. The summed E-state index contributed by atoms with van der Waals surface area (Å²) < 4.78 is 35.4. The van der Waals surface area contributed by atoms with Crippen LogP contribution in [0.15, 0.2) is 34.8 Å². The second kappa shape index (κ2) is 9.60. The molecule has 1 aromatic heterocycles. The second-order valence-corrected chi connectivity index (χ2v) is 7.06. The first-order valence-electron chi connectivity index (χ1n) is 9.43. The van der Waals surface area contributed by atoms with Gasteiger partial charge in [-0.05, 0) is 45.5 Å². The Hall–Kier alpha value is -2.81. The Labute approximate surface area is 168 Å². The third kappa shape index (κ3) is 5.60. The predicted molar refractivity (Wildman–Crippen MR) is 102 cm³/mol. The summed E-state index contributed by atoms with van der Waals surface area (Å²) in [4.78, 5) is 16.4. The van der Waals surface area contributed by atoms with Crippen LogP contribution in [0.3, 0.4) is 0 Å². The molecular weight excluding hydrogens is 382 g/mol. The molecule has 0 N–H and O–H groups in total. The molecule has 0 saturated carbocycles. The third-order valence-electron chi connectivity index (χ3n) is 4.55. The molecule has 9 heteroatoms. The number of amides is 1. The van der Waals surface area contributed by atoms with Gasteiger partial charge in [0.25, 0.3) is 0 Å². The number of halogens is 2. The first-order valence-corrected chi connectivity index (χ1v) is 9.43. The lowest BCUT2D eigenvalue weighted by Gasteiger charge is -2.32. The Morgan fingerprint density at radius 1 is 1.34 bits per heavy atom. The largest absolute Gasteiger partial charge is 0.434 e. The maximum atomic E-state index is 12.8. The number of carbonyl (C=O) groups excluding carboxylic acids is 1. The Kier molecular flexibility index (Phi) is 6.92. The van der Waals surface area contributed by atoms with Gasteiger partial charge in [0.15, 0.2) is 0 Å². The van der Waals surface area contributed by atoms with Crippen molar-refractivity contribution in [1.29, 1.82) is 0 Å². The first-order chi connectivity index (χ1) is 13.9. The van der Waals surface area contributed by atoms with E-state index < -0.39 is 6.61 Å². The fourth-order valence-corrected chi connectivity index (χ4v) is 3.27. The van der Waals surface area contributed by atoms with E-state index in [9.17, 15) is 13.6 Å². The van der Waals surface area contributed by atoms with Gasteiger partial charge in [0, 0.05) is 18.2 Å². The number of rotatable bonds is 7. The van der Waals surface area contributed by atoms with Crippen LogP contribution in [0.1, 0.15) is 42.6 Å². The molecule has 7 nitrogen and oxygen atoms in total. The number of benzene rings is 1. The molecule has 0 aliphatic carbocycles. The van der Waals surface area contributed by atoms with Gasteiger partial charge in [-0.25, -0.2) is 0 Å². The van der Waals surface area contributed by atoms with Crippen molar-refractivity contribution in [2.75, 3.05) is 20.6 Å². The highest BCUT2D eigenvalue weighted by Crippen LogP contribution is 2.31. The zero-order valence-electron chi connectivity index (χ0n) is 16.4. The highest BCUT2D eigenvalue weighted by Gasteiger charge is 2.31. The van der Waals surface area contributed by atoms with Crippen molar-refractivity contribution in [2.24, 2.45) is 0 Å². The van der Waals surface area contributed by atoms with Crippen LogP contribution in [-0.2, 0) is 11.3 Å². The summed E-state index contributed by atoms with van der Waals surface area (Å²) in [5, 5.41) is 8.18. The monoisotopic (exact) mass is 406 g/mol. The standard InChI is InChI=1S/C20H24F2N4O3/c1-25(2)13-17-23-24-19(29-17)15-8-5-6-12-26(15)18(27)11-10-14-7-3-4-9-16(14)28-20(21)22/h3-4,7,9-11,15,20H,5-6,8,12-13H2,1-2H3/b11-10+. The van der Waals surface area contributed by atoms with Gasteiger partial charge in [0.05, 0.1) is 6.54 Å². The summed E-state index contributed by atoms with van der Waals surface area (Å²) in [6.45, 7) is -1.84. The van der Waals surface area contributed by atoms with Crippen molar-refractivity contribution in [1.82, 2.24) is 20.0 Å². The molecule has 0 spiro atoms.